The smallest absolute Gasteiger partial charge is 0.407 e. The van der Waals surface area contributed by atoms with E-state index in [1.807, 2.05) is 30.3 Å². The molecule has 50 heavy (non-hydrogen) atoms. The van der Waals surface area contributed by atoms with Crippen molar-refractivity contribution in [2.24, 2.45) is 0 Å². The van der Waals surface area contributed by atoms with E-state index in [9.17, 15) is 14.4 Å². The van der Waals surface area contributed by atoms with Gasteiger partial charge in [-0.05, 0) is 18.4 Å². The number of nitrogens with one attached hydrogen (secondary N) is 1. The van der Waals surface area contributed by atoms with Crippen molar-refractivity contribution in [3.05, 3.63) is 35.9 Å². The summed E-state index contributed by atoms with van der Waals surface area (Å²) in [5, 5.41) is 11.2. The molecule has 288 valence electrons. The number of ether oxygens (including phenoxy) is 11. The maximum atomic E-state index is 11.6. The fraction of sp³-hybridized carbons (Fsp3) is 0.735. The van der Waals surface area contributed by atoms with Gasteiger partial charge in [-0.3, -0.25) is 9.59 Å². The molecule has 0 unspecified atom stereocenters. The molecule has 0 aromatic heterocycles. The van der Waals surface area contributed by atoms with Crippen LogP contribution in [-0.2, 0) is 68.3 Å². The molecule has 1 aromatic rings. The fourth-order valence-corrected chi connectivity index (χ4v) is 3.69. The molecular weight excluding hydrogens is 662 g/mol. The van der Waals surface area contributed by atoms with Crippen LogP contribution in [-0.4, -0.2) is 155 Å². The number of carbonyl (C=O) groups excluding carboxylic acids is 2. The molecule has 0 bridgehead atoms. The van der Waals surface area contributed by atoms with Crippen molar-refractivity contribution in [1.82, 2.24) is 5.32 Å². The number of hydrogen-bond donors (Lipinski definition) is 2. The minimum absolute atomic E-state index is 0.0561. The standard InChI is InChI=1S/C34H57NO15/c36-32(37)8-4-5-9-33(38)49-29-28-48-27-26-47-25-24-46-23-22-45-21-20-44-19-18-43-17-16-42-15-14-41-13-12-40-11-10-35-34(39)50-30-31-6-2-1-3-7-31/h1-3,6-7H,4-5,8-30H2,(H,35,39)(H,36,37). The Kier molecular flexibility index (Phi) is 32.4. The first-order valence-electron chi connectivity index (χ1n) is 17.1. The van der Waals surface area contributed by atoms with Crippen molar-refractivity contribution in [3.8, 4) is 0 Å². The first-order valence-corrected chi connectivity index (χ1v) is 17.1. The highest BCUT2D eigenvalue weighted by Crippen LogP contribution is 2.02. The van der Waals surface area contributed by atoms with Gasteiger partial charge in [0.1, 0.15) is 13.2 Å². The minimum Gasteiger partial charge on any atom is -0.481 e. The maximum absolute atomic E-state index is 11.6. The lowest BCUT2D eigenvalue weighted by atomic mass is 10.2. The van der Waals surface area contributed by atoms with Gasteiger partial charge in [-0.15, -0.1) is 0 Å². The number of hydrogen-bond acceptors (Lipinski definition) is 14. The van der Waals surface area contributed by atoms with Crippen LogP contribution in [0.5, 0.6) is 0 Å². The summed E-state index contributed by atoms with van der Waals surface area (Å²) in [6.07, 6.45) is 0.741. The van der Waals surface area contributed by atoms with Crippen molar-refractivity contribution < 1.29 is 71.6 Å². The largest absolute Gasteiger partial charge is 0.481 e. The lowest BCUT2D eigenvalue weighted by Gasteiger charge is -2.09. The number of unbranched alkanes of at least 4 members (excludes halogenated alkanes) is 1. The van der Waals surface area contributed by atoms with Gasteiger partial charge in [0.2, 0.25) is 0 Å². The zero-order chi connectivity index (χ0) is 36.0. The molecule has 1 aromatic carbocycles. The third kappa shape index (κ3) is 33.6. The van der Waals surface area contributed by atoms with Crippen molar-refractivity contribution in [1.29, 1.82) is 0 Å². The summed E-state index contributed by atoms with van der Waals surface area (Å²) in [7, 11) is 0. The summed E-state index contributed by atoms with van der Waals surface area (Å²) in [6.45, 7) is 8.54. The van der Waals surface area contributed by atoms with Gasteiger partial charge in [0.25, 0.3) is 0 Å². The van der Waals surface area contributed by atoms with Crippen LogP contribution in [0.4, 0.5) is 4.79 Å². The Labute approximate surface area is 295 Å². The quantitative estimate of drug-likeness (QED) is 0.0753. The number of carboxylic acid groups (broad SMARTS) is 1. The summed E-state index contributed by atoms with van der Waals surface area (Å²) in [5.74, 6) is -1.22. The second kappa shape index (κ2) is 35.9. The topological polar surface area (TPSA) is 185 Å². The number of carbonyl (C=O) groups is 3. The van der Waals surface area contributed by atoms with Gasteiger partial charge in [-0.1, -0.05) is 30.3 Å². The number of carboxylic acids is 1. The average Bonchev–Trinajstić information content (AvgIpc) is 3.12. The molecule has 1 amide bonds. The molecule has 0 aliphatic carbocycles. The van der Waals surface area contributed by atoms with Gasteiger partial charge in [0.05, 0.1) is 119 Å². The van der Waals surface area contributed by atoms with Crippen LogP contribution in [0.25, 0.3) is 0 Å². The minimum atomic E-state index is -0.866. The van der Waals surface area contributed by atoms with E-state index in [0.717, 1.165) is 5.56 Å². The molecule has 1 rings (SSSR count). The second-order valence-electron chi connectivity index (χ2n) is 10.3. The molecule has 0 aliphatic rings. The first kappa shape index (κ1) is 45.1. The predicted octanol–water partition coefficient (Wildman–Crippen LogP) is 2.25. The molecular formula is C34H57NO15. The van der Waals surface area contributed by atoms with Gasteiger partial charge in [-0.2, -0.15) is 0 Å². The first-order chi connectivity index (χ1) is 24.6. The Morgan fingerprint density at radius 1 is 0.480 bits per heavy atom. The molecule has 0 spiro atoms. The van der Waals surface area contributed by atoms with Gasteiger partial charge in [0, 0.05) is 19.4 Å². The van der Waals surface area contributed by atoms with Crippen LogP contribution in [0.1, 0.15) is 31.2 Å². The Morgan fingerprint density at radius 2 is 0.860 bits per heavy atom. The highest BCUT2D eigenvalue weighted by Gasteiger charge is 2.05. The number of amides is 1. The van der Waals surface area contributed by atoms with Crippen LogP contribution < -0.4 is 5.32 Å². The molecule has 16 heteroatoms. The Bertz CT molecular complexity index is 925. The number of benzene rings is 1. The fourth-order valence-electron chi connectivity index (χ4n) is 3.69. The van der Waals surface area contributed by atoms with Crippen LogP contribution in [0.15, 0.2) is 30.3 Å². The maximum Gasteiger partial charge on any atom is 0.407 e. The third-order valence-corrected chi connectivity index (χ3v) is 6.22. The molecule has 0 fully saturated rings. The van der Waals surface area contributed by atoms with Crippen molar-refractivity contribution in [2.45, 2.75) is 32.3 Å². The van der Waals surface area contributed by atoms with E-state index < -0.39 is 12.1 Å². The monoisotopic (exact) mass is 719 g/mol. The highest BCUT2D eigenvalue weighted by molar-refractivity contribution is 5.69. The average molecular weight is 720 g/mol. The number of esters is 1. The molecule has 2 N–H and O–H groups in total. The van der Waals surface area contributed by atoms with Crippen molar-refractivity contribution in [3.63, 3.8) is 0 Å². The zero-order valence-electron chi connectivity index (χ0n) is 29.2. The van der Waals surface area contributed by atoms with E-state index in [0.29, 0.717) is 132 Å². The molecule has 16 nitrogen and oxygen atoms in total. The van der Waals surface area contributed by atoms with Gasteiger partial charge in [0.15, 0.2) is 0 Å². The molecule has 0 radical (unpaired) electrons. The SMILES string of the molecule is O=C(O)CCCCC(=O)OCCOCCOCCOCCOCCOCCOCCOCCOCCOCCNC(=O)OCc1ccccc1. The molecule has 0 saturated heterocycles. The highest BCUT2D eigenvalue weighted by atomic mass is 16.6. The van der Waals surface area contributed by atoms with E-state index in [1.54, 1.807) is 0 Å². The lowest BCUT2D eigenvalue weighted by Crippen LogP contribution is -2.28. The summed E-state index contributed by atoms with van der Waals surface area (Å²) >= 11 is 0. The van der Waals surface area contributed by atoms with E-state index in [4.69, 9.17) is 57.2 Å². The molecule has 0 heterocycles. The lowest BCUT2D eigenvalue weighted by molar-refractivity contribution is -0.146. The summed E-state index contributed by atoms with van der Waals surface area (Å²) in [6, 6.07) is 9.48. The number of rotatable bonds is 37. The predicted molar refractivity (Wildman–Crippen MR) is 179 cm³/mol. The second-order valence-corrected chi connectivity index (χ2v) is 10.3. The van der Waals surface area contributed by atoms with Crippen LogP contribution in [0.3, 0.4) is 0 Å². The number of alkyl carbamates (subject to hydrolysis) is 1. The Balaban J connectivity index is 1.65. The van der Waals surface area contributed by atoms with Crippen LogP contribution >= 0.6 is 0 Å². The van der Waals surface area contributed by atoms with Crippen molar-refractivity contribution >= 4 is 18.0 Å². The third-order valence-electron chi connectivity index (χ3n) is 6.22. The summed E-state index contributed by atoms with van der Waals surface area (Å²) in [4.78, 5) is 33.5. The van der Waals surface area contributed by atoms with E-state index >= 15 is 0 Å². The molecule has 0 atom stereocenters. The van der Waals surface area contributed by atoms with Gasteiger partial charge < -0.3 is 62.5 Å². The zero-order valence-corrected chi connectivity index (χ0v) is 29.2. The van der Waals surface area contributed by atoms with Gasteiger partial charge in [-0.25, -0.2) is 4.79 Å². The van der Waals surface area contributed by atoms with E-state index in [1.165, 1.54) is 0 Å². The normalized spacial score (nSPS) is 11.0. The van der Waals surface area contributed by atoms with Crippen LogP contribution in [0.2, 0.25) is 0 Å². The van der Waals surface area contributed by atoms with E-state index in [2.05, 4.69) is 5.32 Å². The number of aliphatic carboxylic acids is 1. The van der Waals surface area contributed by atoms with E-state index in [-0.39, 0.29) is 38.6 Å². The van der Waals surface area contributed by atoms with Crippen LogP contribution in [0, 0.1) is 0 Å². The Morgan fingerprint density at radius 3 is 1.28 bits per heavy atom. The molecule has 0 saturated carbocycles. The summed E-state index contributed by atoms with van der Waals surface area (Å²) < 4.78 is 59.0. The summed E-state index contributed by atoms with van der Waals surface area (Å²) in [5.41, 5.74) is 0.930. The molecule has 0 aliphatic heterocycles. The Hall–Kier alpha value is -2.93. The van der Waals surface area contributed by atoms with Gasteiger partial charge >= 0.3 is 18.0 Å². The van der Waals surface area contributed by atoms with Crippen molar-refractivity contribution in [2.75, 3.05) is 132 Å².